The molecule has 0 amide bonds. The van der Waals surface area contributed by atoms with Crippen molar-refractivity contribution in [3.8, 4) is 0 Å². The number of nitrogens with one attached hydrogen (secondary N) is 2. The van der Waals surface area contributed by atoms with E-state index in [9.17, 15) is 8.42 Å². The summed E-state index contributed by atoms with van der Waals surface area (Å²) >= 11 is 1.80. The Labute approximate surface area is 172 Å². The lowest BCUT2D eigenvalue weighted by Gasteiger charge is -2.25. The molecule has 0 aliphatic carbocycles. The number of rotatable bonds is 7. The van der Waals surface area contributed by atoms with Gasteiger partial charge in [-0.3, -0.25) is 0 Å². The van der Waals surface area contributed by atoms with Gasteiger partial charge in [-0.2, -0.15) is 11.8 Å². The third kappa shape index (κ3) is 7.75. The molecular formula is C15H28IN5O2S2. The summed E-state index contributed by atoms with van der Waals surface area (Å²) in [4.78, 5) is 4.50. The lowest BCUT2D eigenvalue weighted by Crippen LogP contribution is -2.44. The van der Waals surface area contributed by atoms with E-state index in [1.54, 1.807) is 16.1 Å². The molecule has 1 fully saturated rings. The highest BCUT2D eigenvalue weighted by Gasteiger charge is 2.23. The van der Waals surface area contributed by atoms with Gasteiger partial charge in [0.25, 0.3) is 0 Å². The Morgan fingerprint density at radius 2 is 2.04 bits per heavy atom. The average molecular weight is 501 g/mol. The first-order valence-electron chi connectivity index (χ1n) is 8.20. The van der Waals surface area contributed by atoms with Gasteiger partial charge < -0.3 is 15.2 Å². The Morgan fingerprint density at radius 3 is 2.64 bits per heavy atom. The zero-order valence-corrected chi connectivity index (χ0v) is 18.7. The van der Waals surface area contributed by atoms with E-state index in [-0.39, 0.29) is 29.7 Å². The zero-order valence-electron chi connectivity index (χ0n) is 14.8. The van der Waals surface area contributed by atoms with Crippen LogP contribution in [0.5, 0.6) is 0 Å². The molecule has 1 aromatic heterocycles. The summed E-state index contributed by atoms with van der Waals surface area (Å²) < 4.78 is 28.2. The third-order valence-electron chi connectivity index (χ3n) is 3.67. The highest BCUT2D eigenvalue weighted by atomic mass is 127. The second-order valence-electron chi connectivity index (χ2n) is 5.63. The number of sulfonamides is 1. The molecule has 0 spiro atoms. The van der Waals surface area contributed by atoms with Crippen LogP contribution in [0.4, 0.5) is 0 Å². The van der Waals surface area contributed by atoms with Crippen LogP contribution in [0.3, 0.4) is 0 Å². The molecule has 0 saturated carbocycles. The van der Waals surface area contributed by atoms with Crippen molar-refractivity contribution in [2.24, 2.45) is 12.0 Å². The minimum Gasteiger partial charge on any atom is -0.357 e. The van der Waals surface area contributed by atoms with Crippen molar-refractivity contribution in [2.75, 3.05) is 43.4 Å². The molecule has 1 saturated heterocycles. The van der Waals surface area contributed by atoms with Crippen molar-refractivity contribution in [1.29, 1.82) is 0 Å². The van der Waals surface area contributed by atoms with Gasteiger partial charge in [-0.15, -0.1) is 24.0 Å². The van der Waals surface area contributed by atoms with Crippen molar-refractivity contribution in [3.63, 3.8) is 0 Å². The predicted molar refractivity (Wildman–Crippen MR) is 116 cm³/mol. The van der Waals surface area contributed by atoms with Crippen LogP contribution in [0.25, 0.3) is 0 Å². The number of aryl methyl sites for hydroxylation is 1. The van der Waals surface area contributed by atoms with E-state index < -0.39 is 10.0 Å². The first-order valence-corrected chi connectivity index (χ1v) is 11.0. The van der Waals surface area contributed by atoms with Gasteiger partial charge in [0, 0.05) is 57.1 Å². The SMILES string of the molecule is CCNC(=NCc1ccn(C)c1)NCCS(=O)(=O)N1CCSCC1.I. The minimum atomic E-state index is -3.19. The van der Waals surface area contributed by atoms with Gasteiger partial charge >= 0.3 is 0 Å². The Kier molecular flexibility index (Phi) is 10.2. The summed E-state index contributed by atoms with van der Waals surface area (Å²) in [6.45, 7) is 4.88. The number of thioether (sulfide) groups is 1. The third-order valence-corrected chi connectivity index (χ3v) is 6.49. The van der Waals surface area contributed by atoms with Gasteiger partial charge in [0.15, 0.2) is 5.96 Å². The summed E-state index contributed by atoms with van der Waals surface area (Å²) in [6, 6.07) is 2.02. The van der Waals surface area contributed by atoms with E-state index >= 15 is 0 Å². The molecule has 0 aromatic carbocycles. The quantitative estimate of drug-likeness (QED) is 0.332. The van der Waals surface area contributed by atoms with E-state index in [2.05, 4.69) is 15.6 Å². The van der Waals surface area contributed by atoms with Crippen LogP contribution in [0.15, 0.2) is 23.5 Å². The molecule has 7 nitrogen and oxygen atoms in total. The second kappa shape index (κ2) is 11.3. The van der Waals surface area contributed by atoms with Gasteiger partial charge in [-0.05, 0) is 18.6 Å². The number of hydrogen-bond acceptors (Lipinski definition) is 4. The molecule has 0 unspecified atom stereocenters. The highest BCUT2D eigenvalue weighted by molar-refractivity contribution is 14.0. The van der Waals surface area contributed by atoms with E-state index in [4.69, 9.17) is 0 Å². The number of aromatic nitrogens is 1. The van der Waals surface area contributed by atoms with Crippen molar-refractivity contribution < 1.29 is 8.42 Å². The van der Waals surface area contributed by atoms with E-state index in [1.807, 2.05) is 37.0 Å². The Hall–Kier alpha value is -0.460. The van der Waals surface area contributed by atoms with E-state index in [0.717, 1.165) is 23.6 Å². The van der Waals surface area contributed by atoms with Gasteiger partial charge in [-0.1, -0.05) is 0 Å². The fraction of sp³-hybridized carbons (Fsp3) is 0.667. The second-order valence-corrected chi connectivity index (χ2v) is 8.95. The summed E-state index contributed by atoms with van der Waals surface area (Å²) in [5, 5.41) is 6.26. The van der Waals surface area contributed by atoms with Crippen LogP contribution in [-0.2, 0) is 23.6 Å². The number of halogens is 1. The maximum absolute atomic E-state index is 12.3. The van der Waals surface area contributed by atoms with Gasteiger partial charge in [0.1, 0.15) is 0 Å². The molecule has 2 N–H and O–H groups in total. The molecule has 10 heteroatoms. The standard InChI is InChI=1S/C15H27N5O2S2.HI/c1-3-16-15(18-12-14-4-6-19(2)13-14)17-5-11-24(21,22)20-7-9-23-10-8-20;/h4,6,13H,3,5,7-12H2,1-2H3,(H2,16,17,18);1H. The maximum atomic E-state index is 12.3. The summed E-state index contributed by atoms with van der Waals surface area (Å²) in [7, 11) is -1.21. The van der Waals surface area contributed by atoms with Crippen LogP contribution in [-0.4, -0.2) is 66.7 Å². The van der Waals surface area contributed by atoms with Crippen molar-refractivity contribution in [1.82, 2.24) is 19.5 Å². The largest absolute Gasteiger partial charge is 0.357 e. The average Bonchev–Trinajstić information content (AvgIpc) is 2.99. The van der Waals surface area contributed by atoms with Crippen LogP contribution in [0.2, 0.25) is 0 Å². The highest BCUT2D eigenvalue weighted by Crippen LogP contribution is 2.12. The molecule has 1 aliphatic rings. The first-order chi connectivity index (χ1) is 11.5. The fourth-order valence-electron chi connectivity index (χ4n) is 2.42. The van der Waals surface area contributed by atoms with Gasteiger partial charge in [-0.25, -0.2) is 17.7 Å². The van der Waals surface area contributed by atoms with Crippen molar-refractivity contribution >= 4 is 51.7 Å². The molecule has 2 rings (SSSR count). The van der Waals surface area contributed by atoms with Gasteiger partial charge in [0.2, 0.25) is 10.0 Å². The monoisotopic (exact) mass is 501 g/mol. The molecule has 144 valence electrons. The van der Waals surface area contributed by atoms with Crippen LogP contribution >= 0.6 is 35.7 Å². The van der Waals surface area contributed by atoms with Crippen LogP contribution < -0.4 is 10.6 Å². The van der Waals surface area contributed by atoms with Crippen molar-refractivity contribution in [2.45, 2.75) is 13.5 Å². The Bertz CT molecular complexity index is 642. The number of aliphatic imine (C=N–C) groups is 1. The summed E-state index contributed by atoms with van der Waals surface area (Å²) in [5.41, 5.74) is 1.12. The van der Waals surface area contributed by atoms with E-state index in [1.165, 1.54) is 0 Å². The smallest absolute Gasteiger partial charge is 0.215 e. The summed E-state index contributed by atoms with van der Waals surface area (Å²) in [6.07, 6.45) is 4.00. The zero-order chi connectivity index (χ0) is 17.4. The molecular weight excluding hydrogens is 473 g/mol. The molecule has 1 aliphatic heterocycles. The Balaban J connectivity index is 0.00000312. The molecule has 0 radical (unpaired) electrons. The Morgan fingerprint density at radius 1 is 1.32 bits per heavy atom. The topological polar surface area (TPSA) is 78.7 Å². The molecule has 0 bridgehead atoms. The molecule has 1 aromatic rings. The molecule has 2 heterocycles. The first kappa shape index (κ1) is 22.6. The lowest BCUT2D eigenvalue weighted by molar-refractivity contribution is 0.443. The lowest BCUT2D eigenvalue weighted by atomic mass is 10.3. The normalized spacial score (nSPS) is 16.3. The number of nitrogens with zero attached hydrogens (tertiary/aromatic N) is 3. The minimum absolute atomic E-state index is 0. The fourth-order valence-corrected chi connectivity index (χ4v) is 4.91. The summed E-state index contributed by atoms with van der Waals surface area (Å²) in [5.74, 6) is 2.50. The van der Waals surface area contributed by atoms with Crippen LogP contribution in [0.1, 0.15) is 12.5 Å². The number of hydrogen-bond donors (Lipinski definition) is 2. The molecule has 0 atom stereocenters. The number of guanidine groups is 1. The predicted octanol–water partition coefficient (Wildman–Crippen LogP) is 1.08. The maximum Gasteiger partial charge on any atom is 0.215 e. The molecule has 25 heavy (non-hydrogen) atoms. The van der Waals surface area contributed by atoms with E-state index in [0.29, 0.717) is 32.1 Å². The van der Waals surface area contributed by atoms with Crippen molar-refractivity contribution in [3.05, 3.63) is 24.0 Å². The van der Waals surface area contributed by atoms with Crippen LogP contribution in [0, 0.1) is 0 Å². The van der Waals surface area contributed by atoms with Gasteiger partial charge in [0.05, 0.1) is 12.3 Å².